The van der Waals surface area contributed by atoms with Crippen LogP contribution in [-0.4, -0.2) is 48.0 Å². The van der Waals surface area contributed by atoms with Gasteiger partial charge in [-0.3, -0.25) is 14.9 Å². The molecule has 3 aromatic carbocycles. The first-order valence-corrected chi connectivity index (χ1v) is 11.3. The Morgan fingerprint density at radius 1 is 0.818 bits per heavy atom. The van der Waals surface area contributed by atoms with E-state index in [1.165, 1.54) is 0 Å². The summed E-state index contributed by atoms with van der Waals surface area (Å²) < 4.78 is 0. The number of nitrogens with one attached hydrogen (secondary N) is 2. The molecule has 0 spiro atoms. The smallest absolute Gasteiger partial charge is 0.257 e. The largest absolute Gasteiger partial charge is 0.368 e. The van der Waals surface area contributed by atoms with E-state index in [0.717, 1.165) is 35.6 Å². The SMILES string of the molecule is Cc1ccccc1C(=O)N1CCN(c2ccc(NC(=S)NC(=O)c3ccccc3)cc2)CC1. The van der Waals surface area contributed by atoms with Gasteiger partial charge in [-0.2, -0.15) is 0 Å². The third-order valence-corrected chi connectivity index (χ3v) is 5.90. The summed E-state index contributed by atoms with van der Waals surface area (Å²) in [5.41, 5.74) is 4.22. The lowest BCUT2D eigenvalue weighted by Crippen LogP contribution is -2.48. The summed E-state index contributed by atoms with van der Waals surface area (Å²) in [7, 11) is 0. The number of anilines is 2. The fraction of sp³-hybridized carbons (Fsp3) is 0.192. The van der Waals surface area contributed by atoms with E-state index in [9.17, 15) is 9.59 Å². The molecule has 0 bridgehead atoms. The van der Waals surface area contributed by atoms with Gasteiger partial charge in [-0.05, 0) is 67.2 Å². The molecule has 1 heterocycles. The van der Waals surface area contributed by atoms with Crippen LogP contribution in [0.15, 0.2) is 78.9 Å². The maximum Gasteiger partial charge on any atom is 0.257 e. The molecular weight excluding hydrogens is 432 g/mol. The molecule has 3 aromatic rings. The Bertz CT molecular complexity index is 1140. The molecule has 33 heavy (non-hydrogen) atoms. The summed E-state index contributed by atoms with van der Waals surface area (Å²) in [5.74, 6) is -0.152. The number of benzene rings is 3. The summed E-state index contributed by atoms with van der Waals surface area (Å²) in [6, 6.07) is 24.6. The van der Waals surface area contributed by atoms with E-state index in [4.69, 9.17) is 12.2 Å². The first-order chi connectivity index (χ1) is 16.0. The molecule has 0 aliphatic carbocycles. The molecule has 0 atom stereocenters. The van der Waals surface area contributed by atoms with Gasteiger partial charge in [-0.15, -0.1) is 0 Å². The van der Waals surface area contributed by atoms with Crippen LogP contribution in [-0.2, 0) is 0 Å². The summed E-state index contributed by atoms with van der Waals surface area (Å²) in [6.45, 7) is 4.88. The quantitative estimate of drug-likeness (QED) is 0.577. The van der Waals surface area contributed by atoms with Crippen LogP contribution in [0, 0.1) is 6.92 Å². The molecule has 4 rings (SSSR count). The third kappa shape index (κ3) is 5.56. The van der Waals surface area contributed by atoms with Crippen molar-refractivity contribution in [2.24, 2.45) is 0 Å². The standard InChI is InChI=1S/C26H26N4O2S/c1-19-7-5-6-10-23(19)25(32)30-17-15-29(16-18-30)22-13-11-21(12-14-22)27-26(33)28-24(31)20-8-3-2-4-9-20/h2-14H,15-18H2,1H3,(H2,27,28,31,33). The number of thiocarbonyl (C=S) groups is 1. The van der Waals surface area contributed by atoms with E-state index < -0.39 is 0 Å². The number of nitrogens with zero attached hydrogens (tertiary/aromatic N) is 2. The molecule has 2 N–H and O–H groups in total. The summed E-state index contributed by atoms with van der Waals surface area (Å²) >= 11 is 5.27. The Morgan fingerprint density at radius 3 is 2.12 bits per heavy atom. The minimum absolute atomic E-state index is 0.0957. The van der Waals surface area contributed by atoms with E-state index in [1.54, 1.807) is 12.1 Å². The predicted octanol–water partition coefficient (Wildman–Crippen LogP) is 4.08. The number of aryl methyl sites for hydroxylation is 1. The Balaban J connectivity index is 1.29. The summed E-state index contributed by atoms with van der Waals surface area (Å²) in [6.07, 6.45) is 0. The molecule has 0 radical (unpaired) electrons. The van der Waals surface area contributed by atoms with Gasteiger partial charge in [0.15, 0.2) is 5.11 Å². The van der Waals surface area contributed by atoms with E-state index in [0.29, 0.717) is 18.7 Å². The molecule has 1 aliphatic rings. The molecule has 168 valence electrons. The Kier molecular flexibility index (Phi) is 7.00. The van der Waals surface area contributed by atoms with Gasteiger partial charge in [0.25, 0.3) is 11.8 Å². The maximum atomic E-state index is 12.8. The van der Waals surface area contributed by atoms with E-state index >= 15 is 0 Å². The normalized spacial score (nSPS) is 13.4. The Morgan fingerprint density at radius 2 is 1.45 bits per heavy atom. The second-order valence-electron chi connectivity index (χ2n) is 7.92. The monoisotopic (exact) mass is 458 g/mol. The van der Waals surface area contributed by atoms with E-state index in [-0.39, 0.29) is 16.9 Å². The second-order valence-corrected chi connectivity index (χ2v) is 8.32. The van der Waals surface area contributed by atoms with Gasteiger partial charge in [0.1, 0.15) is 0 Å². The summed E-state index contributed by atoms with van der Waals surface area (Å²) in [5, 5.41) is 5.99. The lowest BCUT2D eigenvalue weighted by molar-refractivity contribution is 0.0746. The lowest BCUT2D eigenvalue weighted by Gasteiger charge is -2.36. The van der Waals surface area contributed by atoms with Crippen molar-refractivity contribution in [3.05, 3.63) is 95.6 Å². The first kappa shape index (κ1) is 22.5. The Hall–Kier alpha value is -3.71. The number of carbonyl (C=O) groups is 2. The van der Waals surface area contributed by atoms with Crippen LogP contribution in [0.2, 0.25) is 0 Å². The van der Waals surface area contributed by atoms with Crippen LogP contribution in [0.3, 0.4) is 0 Å². The van der Waals surface area contributed by atoms with Gasteiger partial charge >= 0.3 is 0 Å². The molecule has 1 aliphatic heterocycles. The van der Waals surface area contributed by atoms with Gasteiger partial charge in [-0.1, -0.05) is 36.4 Å². The highest BCUT2D eigenvalue weighted by atomic mass is 32.1. The van der Waals surface area contributed by atoms with Crippen molar-refractivity contribution in [2.75, 3.05) is 36.4 Å². The average Bonchev–Trinajstić information content (AvgIpc) is 2.85. The van der Waals surface area contributed by atoms with Crippen LogP contribution in [0.5, 0.6) is 0 Å². The molecule has 0 aromatic heterocycles. The molecule has 1 fully saturated rings. The molecule has 1 saturated heterocycles. The van der Waals surface area contributed by atoms with Crippen molar-refractivity contribution in [3.63, 3.8) is 0 Å². The number of amides is 2. The number of carbonyl (C=O) groups excluding carboxylic acids is 2. The maximum absolute atomic E-state index is 12.8. The highest BCUT2D eigenvalue weighted by molar-refractivity contribution is 7.80. The van der Waals surface area contributed by atoms with Crippen molar-refractivity contribution in [2.45, 2.75) is 6.92 Å². The van der Waals surface area contributed by atoms with Gasteiger partial charge in [-0.25, -0.2) is 0 Å². The van der Waals surface area contributed by atoms with Crippen molar-refractivity contribution in [1.82, 2.24) is 10.2 Å². The predicted molar refractivity (Wildman–Crippen MR) is 136 cm³/mol. The van der Waals surface area contributed by atoms with Crippen molar-refractivity contribution < 1.29 is 9.59 Å². The van der Waals surface area contributed by atoms with E-state index in [1.807, 2.05) is 78.6 Å². The van der Waals surface area contributed by atoms with Gasteiger partial charge in [0.2, 0.25) is 0 Å². The van der Waals surface area contributed by atoms with Crippen LogP contribution in [0.4, 0.5) is 11.4 Å². The van der Waals surface area contributed by atoms with Gasteiger partial charge in [0.05, 0.1) is 0 Å². The number of rotatable bonds is 4. The second kappa shape index (κ2) is 10.3. The number of piperazine rings is 1. The van der Waals surface area contributed by atoms with E-state index in [2.05, 4.69) is 15.5 Å². The minimum atomic E-state index is -0.247. The van der Waals surface area contributed by atoms with Crippen molar-refractivity contribution >= 4 is 40.5 Å². The average molecular weight is 459 g/mol. The van der Waals surface area contributed by atoms with Crippen molar-refractivity contribution in [1.29, 1.82) is 0 Å². The molecule has 2 amide bonds. The van der Waals surface area contributed by atoms with Crippen molar-refractivity contribution in [3.8, 4) is 0 Å². The molecule has 7 heteroatoms. The zero-order chi connectivity index (χ0) is 23.2. The first-order valence-electron chi connectivity index (χ1n) is 10.9. The molecule has 6 nitrogen and oxygen atoms in total. The number of hydrogen-bond donors (Lipinski definition) is 2. The minimum Gasteiger partial charge on any atom is -0.368 e. The molecule has 0 saturated carbocycles. The van der Waals surface area contributed by atoms with Gasteiger partial charge < -0.3 is 15.1 Å². The van der Waals surface area contributed by atoms with Crippen LogP contribution in [0.25, 0.3) is 0 Å². The van der Waals surface area contributed by atoms with Gasteiger partial charge in [0, 0.05) is 48.7 Å². The zero-order valence-corrected chi connectivity index (χ0v) is 19.3. The third-order valence-electron chi connectivity index (χ3n) is 5.70. The topological polar surface area (TPSA) is 64.7 Å². The molecule has 0 unspecified atom stereocenters. The fourth-order valence-corrected chi connectivity index (χ4v) is 4.04. The zero-order valence-electron chi connectivity index (χ0n) is 18.5. The van der Waals surface area contributed by atoms with Crippen LogP contribution in [0.1, 0.15) is 26.3 Å². The van der Waals surface area contributed by atoms with Crippen LogP contribution < -0.4 is 15.5 Å². The Labute approximate surface area is 199 Å². The fourth-order valence-electron chi connectivity index (χ4n) is 3.83. The van der Waals surface area contributed by atoms with Crippen LogP contribution >= 0.6 is 12.2 Å². The molecular formula is C26H26N4O2S. The lowest BCUT2D eigenvalue weighted by atomic mass is 10.1. The number of hydrogen-bond acceptors (Lipinski definition) is 4. The summed E-state index contributed by atoms with van der Waals surface area (Å²) in [4.78, 5) is 29.2. The highest BCUT2D eigenvalue weighted by Crippen LogP contribution is 2.21. The highest BCUT2D eigenvalue weighted by Gasteiger charge is 2.23.